The van der Waals surface area contributed by atoms with Gasteiger partial charge in [-0.25, -0.2) is 4.79 Å². The highest BCUT2D eigenvalue weighted by Gasteiger charge is 2.35. The monoisotopic (exact) mass is 478 g/mol. The third-order valence-electron chi connectivity index (χ3n) is 7.41. The first-order valence-electron chi connectivity index (χ1n) is 12.5. The van der Waals surface area contributed by atoms with E-state index in [1.807, 2.05) is 23.1 Å². The maximum Gasteiger partial charge on any atom is 0.317 e. The predicted molar refractivity (Wildman–Crippen MR) is 140 cm³/mol. The molecular formula is C29H30N6O. The first-order chi connectivity index (χ1) is 17.7. The number of urea groups is 1. The van der Waals surface area contributed by atoms with Crippen LogP contribution in [0.15, 0.2) is 79.1 Å². The van der Waals surface area contributed by atoms with Crippen LogP contribution in [0.25, 0.3) is 22.4 Å². The average molecular weight is 479 g/mol. The zero-order valence-corrected chi connectivity index (χ0v) is 20.4. The standard InChI is InChI=1S/C29H30N6O/c1-34-17-24(23-9-5-8-22(16-23)20-6-3-2-4-7-20)27(19-34)31-29(36)35-15-12-26-25(18-35)28(33-32-26)21-10-13-30-14-11-21/h2-11,13-14,16,24,27H,12,15,17-19H2,1H3,(H,31,36)(H,32,33)/t24-,27?/m0/s1. The molecule has 1 unspecified atom stereocenters. The van der Waals surface area contributed by atoms with Crippen molar-refractivity contribution in [3.63, 3.8) is 0 Å². The number of nitrogens with one attached hydrogen (secondary N) is 2. The molecule has 0 aliphatic carbocycles. The van der Waals surface area contributed by atoms with Crippen molar-refractivity contribution in [2.24, 2.45) is 0 Å². The Morgan fingerprint density at radius 1 is 0.972 bits per heavy atom. The molecule has 36 heavy (non-hydrogen) atoms. The summed E-state index contributed by atoms with van der Waals surface area (Å²) in [4.78, 5) is 21.8. The molecule has 7 nitrogen and oxygen atoms in total. The lowest BCUT2D eigenvalue weighted by Crippen LogP contribution is -2.48. The van der Waals surface area contributed by atoms with E-state index in [1.165, 1.54) is 16.7 Å². The van der Waals surface area contributed by atoms with Gasteiger partial charge in [-0.1, -0.05) is 54.6 Å². The molecule has 2 amide bonds. The van der Waals surface area contributed by atoms with Crippen LogP contribution in [-0.4, -0.2) is 63.7 Å². The number of rotatable bonds is 4. The highest BCUT2D eigenvalue weighted by molar-refractivity contribution is 5.76. The fourth-order valence-electron chi connectivity index (χ4n) is 5.53. The highest BCUT2D eigenvalue weighted by Crippen LogP contribution is 2.31. The van der Waals surface area contributed by atoms with E-state index in [4.69, 9.17) is 0 Å². The molecule has 1 saturated heterocycles. The van der Waals surface area contributed by atoms with Crippen molar-refractivity contribution in [3.05, 3.63) is 95.9 Å². The number of aromatic nitrogens is 3. The van der Waals surface area contributed by atoms with E-state index < -0.39 is 0 Å². The second-order valence-electron chi connectivity index (χ2n) is 9.81. The van der Waals surface area contributed by atoms with E-state index in [2.05, 4.69) is 81.0 Å². The van der Waals surface area contributed by atoms with Crippen molar-refractivity contribution in [3.8, 4) is 22.4 Å². The minimum Gasteiger partial charge on any atom is -0.333 e. The Labute approximate surface area is 211 Å². The van der Waals surface area contributed by atoms with Crippen LogP contribution in [0.4, 0.5) is 4.79 Å². The zero-order chi connectivity index (χ0) is 24.5. The molecular weight excluding hydrogens is 448 g/mol. The Morgan fingerprint density at radius 2 is 1.78 bits per heavy atom. The molecule has 1 fully saturated rings. The van der Waals surface area contributed by atoms with Crippen molar-refractivity contribution < 1.29 is 4.79 Å². The zero-order valence-electron chi connectivity index (χ0n) is 20.4. The number of hydrogen-bond donors (Lipinski definition) is 2. The number of amides is 2. The van der Waals surface area contributed by atoms with E-state index in [-0.39, 0.29) is 18.0 Å². The predicted octanol–water partition coefficient (Wildman–Crippen LogP) is 4.30. The molecule has 2 atom stereocenters. The number of carbonyl (C=O) groups is 1. The van der Waals surface area contributed by atoms with Gasteiger partial charge in [-0.15, -0.1) is 0 Å². The molecule has 4 heterocycles. The smallest absolute Gasteiger partial charge is 0.317 e. The molecule has 2 aliphatic heterocycles. The number of fused-ring (bicyclic) bond motifs is 1. The van der Waals surface area contributed by atoms with E-state index in [0.717, 1.165) is 42.0 Å². The van der Waals surface area contributed by atoms with Gasteiger partial charge in [0.05, 0.1) is 18.3 Å². The molecule has 0 radical (unpaired) electrons. The minimum absolute atomic E-state index is 0.00737. The Kier molecular flexibility index (Phi) is 5.99. The van der Waals surface area contributed by atoms with Crippen LogP contribution < -0.4 is 5.32 Å². The Balaban J connectivity index is 1.19. The van der Waals surface area contributed by atoms with E-state index in [0.29, 0.717) is 13.1 Å². The maximum absolute atomic E-state index is 13.5. The van der Waals surface area contributed by atoms with Crippen LogP contribution in [0.2, 0.25) is 0 Å². The SMILES string of the molecule is CN1CC(NC(=O)N2CCc3[nH]nc(-c4ccncc4)c3C2)[C@H](c2cccc(-c3ccccc3)c2)C1. The number of carbonyl (C=O) groups excluding carboxylic acids is 1. The molecule has 6 rings (SSSR count). The van der Waals surface area contributed by atoms with Gasteiger partial charge in [0.25, 0.3) is 0 Å². The molecule has 2 aromatic carbocycles. The van der Waals surface area contributed by atoms with E-state index in [9.17, 15) is 4.79 Å². The summed E-state index contributed by atoms with van der Waals surface area (Å²) in [6.45, 7) is 2.97. The topological polar surface area (TPSA) is 77.2 Å². The third kappa shape index (κ3) is 4.38. The van der Waals surface area contributed by atoms with E-state index >= 15 is 0 Å². The largest absolute Gasteiger partial charge is 0.333 e. The molecule has 182 valence electrons. The maximum atomic E-state index is 13.5. The number of pyridine rings is 1. The summed E-state index contributed by atoms with van der Waals surface area (Å²) in [5.74, 6) is 0.240. The fourth-order valence-corrected chi connectivity index (χ4v) is 5.53. The van der Waals surface area contributed by atoms with E-state index in [1.54, 1.807) is 12.4 Å². The van der Waals surface area contributed by atoms with Crippen molar-refractivity contribution >= 4 is 6.03 Å². The van der Waals surface area contributed by atoms with Gasteiger partial charge in [0.1, 0.15) is 0 Å². The molecule has 4 aromatic rings. The molecule has 2 N–H and O–H groups in total. The van der Waals surface area contributed by atoms with Crippen LogP contribution in [0.3, 0.4) is 0 Å². The van der Waals surface area contributed by atoms with Crippen molar-refractivity contribution in [2.45, 2.75) is 24.9 Å². The Morgan fingerprint density at radius 3 is 2.61 bits per heavy atom. The van der Waals surface area contributed by atoms with Gasteiger partial charge in [0.2, 0.25) is 0 Å². The van der Waals surface area contributed by atoms with Gasteiger partial charge in [0, 0.05) is 61.2 Å². The molecule has 2 aromatic heterocycles. The molecule has 0 spiro atoms. The first-order valence-corrected chi connectivity index (χ1v) is 12.5. The normalized spacial score (nSPS) is 19.8. The van der Waals surface area contributed by atoms with Crippen LogP contribution in [0, 0.1) is 0 Å². The lowest BCUT2D eigenvalue weighted by Gasteiger charge is -2.30. The minimum atomic E-state index is -0.00737. The number of likely N-dealkylation sites (tertiary alicyclic amines) is 1. The number of nitrogens with zero attached hydrogens (tertiary/aromatic N) is 4. The fraction of sp³-hybridized carbons (Fsp3) is 0.276. The van der Waals surface area contributed by atoms with Gasteiger partial charge in [-0.05, 0) is 35.9 Å². The molecule has 0 bridgehead atoms. The second kappa shape index (κ2) is 9.59. The van der Waals surface area contributed by atoms with Crippen molar-refractivity contribution in [1.82, 2.24) is 30.3 Å². The molecule has 0 saturated carbocycles. The molecule has 7 heteroatoms. The number of benzene rings is 2. The second-order valence-corrected chi connectivity index (χ2v) is 9.81. The third-order valence-corrected chi connectivity index (χ3v) is 7.41. The number of hydrogen-bond acceptors (Lipinski definition) is 4. The van der Waals surface area contributed by atoms with Crippen LogP contribution in [0.5, 0.6) is 0 Å². The van der Waals surface area contributed by atoms with Crippen molar-refractivity contribution in [1.29, 1.82) is 0 Å². The Hall–Kier alpha value is -3.97. The summed E-state index contributed by atoms with van der Waals surface area (Å²) in [5, 5.41) is 11.1. The van der Waals surface area contributed by atoms with Gasteiger partial charge >= 0.3 is 6.03 Å². The Bertz CT molecular complexity index is 1350. The van der Waals surface area contributed by atoms with Gasteiger partial charge in [-0.2, -0.15) is 5.10 Å². The summed E-state index contributed by atoms with van der Waals surface area (Å²) in [6, 6.07) is 23.2. The number of aromatic amines is 1. The lowest BCUT2D eigenvalue weighted by molar-refractivity contribution is 0.187. The first kappa shape index (κ1) is 22.5. The summed E-state index contributed by atoms with van der Waals surface area (Å²) in [5.41, 5.74) is 7.81. The quantitative estimate of drug-likeness (QED) is 0.458. The van der Waals surface area contributed by atoms with Gasteiger partial charge in [-0.3, -0.25) is 10.1 Å². The van der Waals surface area contributed by atoms with Crippen LogP contribution in [-0.2, 0) is 13.0 Å². The lowest BCUT2D eigenvalue weighted by atomic mass is 9.91. The summed E-state index contributed by atoms with van der Waals surface area (Å²) in [6.07, 6.45) is 4.31. The number of likely N-dealkylation sites (N-methyl/N-ethyl adjacent to an activating group) is 1. The molecule has 2 aliphatic rings. The average Bonchev–Trinajstić information content (AvgIpc) is 3.52. The van der Waals surface area contributed by atoms with Gasteiger partial charge < -0.3 is 15.1 Å². The summed E-state index contributed by atoms with van der Waals surface area (Å²) >= 11 is 0. The van der Waals surface area contributed by atoms with Crippen molar-refractivity contribution in [2.75, 3.05) is 26.7 Å². The number of H-pyrrole nitrogens is 1. The van der Waals surface area contributed by atoms with Crippen LogP contribution >= 0.6 is 0 Å². The summed E-state index contributed by atoms with van der Waals surface area (Å²) < 4.78 is 0. The van der Waals surface area contributed by atoms with Crippen LogP contribution in [0.1, 0.15) is 22.7 Å². The summed E-state index contributed by atoms with van der Waals surface area (Å²) in [7, 11) is 2.12. The highest BCUT2D eigenvalue weighted by atomic mass is 16.2. The van der Waals surface area contributed by atoms with Gasteiger partial charge in [0.15, 0.2) is 0 Å².